The number of hydrogen-bond donors (Lipinski definition) is 3. The van der Waals surface area contributed by atoms with Crippen molar-refractivity contribution in [2.75, 3.05) is 7.11 Å². The molecular formula is C22H23N5O6. The lowest BCUT2D eigenvalue weighted by molar-refractivity contribution is -0.117. The number of ether oxygens (including phenoxy) is 1. The van der Waals surface area contributed by atoms with Crippen LogP contribution in [0.25, 0.3) is 6.08 Å². The average Bonchev–Trinajstić information content (AvgIpc) is 2.78. The summed E-state index contributed by atoms with van der Waals surface area (Å²) < 4.78 is 7.55. The number of carbonyl (C=O) groups is 1. The number of aromatic amines is 2. The van der Waals surface area contributed by atoms with Crippen LogP contribution < -0.4 is 32.6 Å². The zero-order chi connectivity index (χ0) is 24.0. The Labute approximate surface area is 187 Å². The molecule has 0 aliphatic rings. The largest absolute Gasteiger partial charge is 0.497 e. The van der Waals surface area contributed by atoms with Crippen molar-refractivity contribution in [1.82, 2.24) is 24.4 Å². The Kier molecular flexibility index (Phi) is 7.24. The van der Waals surface area contributed by atoms with E-state index >= 15 is 0 Å². The molecule has 0 radical (unpaired) electrons. The molecular weight excluding hydrogens is 430 g/mol. The van der Waals surface area contributed by atoms with E-state index < -0.39 is 34.4 Å². The number of aromatic nitrogens is 4. The third-order valence-corrected chi connectivity index (χ3v) is 4.81. The predicted molar refractivity (Wildman–Crippen MR) is 121 cm³/mol. The van der Waals surface area contributed by atoms with E-state index in [0.717, 1.165) is 5.56 Å². The van der Waals surface area contributed by atoms with E-state index in [0.29, 0.717) is 11.3 Å². The fourth-order valence-corrected chi connectivity index (χ4v) is 3.10. The second kappa shape index (κ2) is 10.3. The molecule has 0 aliphatic carbocycles. The summed E-state index contributed by atoms with van der Waals surface area (Å²) in [5.74, 6) is 0.229. The van der Waals surface area contributed by atoms with Gasteiger partial charge in [-0.25, -0.2) is 9.59 Å². The molecule has 11 nitrogen and oxygen atoms in total. The molecule has 33 heavy (non-hydrogen) atoms. The molecule has 3 aromatic rings. The highest BCUT2D eigenvalue weighted by Gasteiger charge is 2.15. The third-order valence-electron chi connectivity index (χ3n) is 4.81. The number of nitrogens with one attached hydrogen (secondary N) is 3. The van der Waals surface area contributed by atoms with Crippen molar-refractivity contribution in [2.24, 2.45) is 0 Å². The third kappa shape index (κ3) is 6.29. The maximum Gasteiger partial charge on any atom is 0.328 e. The van der Waals surface area contributed by atoms with E-state index in [1.54, 1.807) is 44.4 Å². The van der Waals surface area contributed by atoms with E-state index in [-0.39, 0.29) is 13.1 Å². The minimum Gasteiger partial charge on any atom is -0.497 e. The number of benzene rings is 1. The van der Waals surface area contributed by atoms with E-state index in [4.69, 9.17) is 4.74 Å². The van der Waals surface area contributed by atoms with Crippen molar-refractivity contribution in [3.05, 3.63) is 102 Å². The lowest BCUT2D eigenvalue weighted by Crippen LogP contribution is -2.45. The molecule has 3 N–H and O–H groups in total. The number of hydrogen-bond acceptors (Lipinski definition) is 6. The molecule has 1 aromatic carbocycles. The van der Waals surface area contributed by atoms with E-state index in [1.807, 2.05) is 0 Å². The first-order valence-electron chi connectivity index (χ1n) is 9.98. The normalized spacial score (nSPS) is 11.9. The summed E-state index contributed by atoms with van der Waals surface area (Å²) in [6.07, 6.45) is 5.61. The van der Waals surface area contributed by atoms with Crippen molar-refractivity contribution in [1.29, 1.82) is 0 Å². The molecule has 0 bridgehead atoms. The van der Waals surface area contributed by atoms with Gasteiger partial charge in [-0.05, 0) is 30.7 Å². The van der Waals surface area contributed by atoms with Crippen LogP contribution in [-0.2, 0) is 17.9 Å². The van der Waals surface area contributed by atoms with Crippen molar-refractivity contribution in [3.8, 4) is 5.75 Å². The Morgan fingerprint density at radius 3 is 2.36 bits per heavy atom. The van der Waals surface area contributed by atoms with Gasteiger partial charge in [-0.2, -0.15) is 0 Å². The fourth-order valence-electron chi connectivity index (χ4n) is 3.10. The molecule has 0 aliphatic heterocycles. The summed E-state index contributed by atoms with van der Waals surface area (Å²) in [6.45, 7) is 1.50. The Morgan fingerprint density at radius 2 is 1.70 bits per heavy atom. The lowest BCUT2D eigenvalue weighted by atomic mass is 10.2. The minimum atomic E-state index is -0.718. The van der Waals surface area contributed by atoms with E-state index in [1.165, 1.54) is 33.7 Å². The van der Waals surface area contributed by atoms with Gasteiger partial charge in [-0.1, -0.05) is 12.1 Å². The fraction of sp³-hybridized carbons (Fsp3) is 0.227. The standard InChI is InChI=1S/C22H23N5O6/c1-14-11-27(22(32)25-20(14)30)13-16(12-26-10-9-19(29)24-21(26)31)23-18(28)8-5-15-3-6-17(33-2)7-4-15/h3-11,16H,12-13H2,1-2H3,(H,23,28)(H,24,29,31)(H,25,30,32)/b8-5+. The first kappa shape index (κ1) is 23.3. The van der Waals surface area contributed by atoms with Crippen LogP contribution in [0.1, 0.15) is 11.1 Å². The highest BCUT2D eigenvalue weighted by atomic mass is 16.5. The van der Waals surface area contributed by atoms with Crippen molar-refractivity contribution in [2.45, 2.75) is 26.1 Å². The number of amides is 1. The lowest BCUT2D eigenvalue weighted by Gasteiger charge is -2.20. The van der Waals surface area contributed by atoms with Gasteiger partial charge >= 0.3 is 11.4 Å². The predicted octanol–water partition coefficient (Wildman–Crippen LogP) is -0.398. The van der Waals surface area contributed by atoms with Gasteiger partial charge in [0.25, 0.3) is 11.1 Å². The molecule has 2 aromatic heterocycles. The van der Waals surface area contributed by atoms with E-state index in [2.05, 4.69) is 15.3 Å². The van der Waals surface area contributed by atoms with Gasteiger partial charge in [-0.3, -0.25) is 33.5 Å². The first-order valence-corrected chi connectivity index (χ1v) is 9.98. The molecule has 2 heterocycles. The molecule has 172 valence electrons. The van der Waals surface area contributed by atoms with Gasteiger partial charge < -0.3 is 10.1 Å². The highest BCUT2D eigenvalue weighted by Crippen LogP contribution is 2.12. The molecule has 0 saturated heterocycles. The summed E-state index contributed by atoms with van der Waals surface area (Å²) in [6, 6.07) is 7.54. The molecule has 11 heteroatoms. The molecule has 0 spiro atoms. The number of methoxy groups -OCH3 is 1. The van der Waals surface area contributed by atoms with Gasteiger partial charge in [-0.15, -0.1) is 0 Å². The number of carbonyl (C=O) groups excluding carboxylic acids is 1. The van der Waals surface area contributed by atoms with Crippen molar-refractivity contribution < 1.29 is 9.53 Å². The monoisotopic (exact) mass is 453 g/mol. The zero-order valence-corrected chi connectivity index (χ0v) is 18.0. The maximum atomic E-state index is 12.6. The highest BCUT2D eigenvalue weighted by molar-refractivity contribution is 5.91. The van der Waals surface area contributed by atoms with Crippen LogP contribution >= 0.6 is 0 Å². The van der Waals surface area contributed by atoms with Crippen molar-refractivity contribution >= 4 is 12.0 Å². The minimum absolute atomic E-state index is 0.0237. The molecule has 1 atom stereocenters. The van der Waals surface area contributed by atoms with Gasteiger partial charge in [0.2, 0.25) is 5.91 Å². The van der Waals surface area contributed by atoms with Crippen LogP contribution in [0.4, 0.5) is 0 Å². The van der Waals surface area contributed by atoms with Crippen LogP contribution in [0, 0.1) is 6.92 Å². The van der Waals surface area contributed by atoms with Gasteiger partial charge in [0.05, 0.1) is 13.2 Å². The van der Waals surface area contributed by atoms with Crippen LogP contribution in [0.3, 0.4) is 0 Å². The topological polar surface area (TPSA) is 148 Å². The quantitative estimate of drug-likeness (QED) is 0.396. The summed E-state index contributed by atoms with van der Waals surface area (Å²) in [7, 11) is 1.56. The molecule has 3 rings (SSSR count). The Morgan fingerprint density at radius 1 is 1.03 bits per heavy atom. The van der Waals surface area contributed by atoms with Gasteiger partial charge in [0.15, 0.2) is 0 Å². The summed E-state index contributed by atoms with van der Waals surface area (Å²) >= 11 is 0. The second-order valence-electron chi connectivity index (χ2n) is 7.30. The first-order chi connectivity index (χ1) is 15.7. The second-order valence-corrected chi connectivity index (χ2v) is 7.30. The van der Waals surface area contributed by atoms with Crippen molar-refractivity contribution in [3.63, 3.8) is 0 Å². The number of rotatable bonds is 8. The van der Waals surface area contributed by atoms with E-state index in [9.17, 15) is 24.0 Å². The number of aryl methyl sites for hydroxylation is 1. The Balaban J connectivity index is 1.83. The van der Waals surface area contributed by atoms with Crippen LogP contribution in [-0.4, -0.2) is 38.2 Å². The number of nitrogens with zero attached hydrogens (tertiary/aromatic N) is 2. The Bertz CT molecular complexity index is 1390. The maximum absolute atomic E-state index is 12.6. The van der Waals surface area contributed by atoms with Crippen LogP contribution in [0.2, 0.25) is 0 Å². The SMILES string of the molecule is COc1ccc(/C=C/C(=O)NC(Cn2ccc(=O)[nH]c2=O)Cn2cc(C)c(=O)[nH]c2=O)cc1. The van der Waals surface area contributed by atoms with Crippen LogP contribution in [0.5, 0.6) is 5.75 Å². The van der Waals surface area contributed by atoms with Crippen LogP contribution in [0.15, 0.2) is 68.0 Å². The molecule has 1 unspecified atom stereocenters. The molecule has 0 saturated carbocycles. The zero-order valence-electron chi connectivity index (χ0n) is 18.0. The summed E-state index contributed by atoms with van der Waals surface area (Å²) in [5, 5.41) is 2.76. The average molecular weight is 453 g/mol. The molecule has 0 fully saturated rings. The summed E-state index contributed by atoms with van der Waals surface area (Å²) in [5.41, 5.74) is -1.26. The van der Waals surface area contributed by atoms with Gasteiger partial charge in [0.1, 0.15) is 5.75 Å². The van der Waals surface area contributed by atoms with Gasteiger partial charge in [0, 0.05) is 43.2 Å². The molecule has 1 amide bonds. The smallest absolute Gasteiger partial charge is 0.328 e. The Hall–Kier alpha value is -4.41. The summed E-state index contributed by atoms with van der Waals surface area (Å²) in [4.78, 5) is 64.2. The number of H-pyrrole nitrogens is 2.